The van der Waals surface area contributed by atoms with Crippen LogP contribution in [0, 0.1) is 0 Å². The van der Waals surface area contributed by atoms with Gasteiger partial charge in [0.2, 0.25) is 11.2 Å². The molecule has 0 saturated heterocycles. The number of benzene rings is 2. The fourth-order valence-corrected chi connectivity index (χ4v) is 3.41. The first kappa shape index (κ1) is 18.3. The summed E-state index contributed by atoms with van der Waals surface area (Å²) in [6, 6.07) is 16.4. The zero-order chi connectivity index (χ0) is 19.5. The van der Waals surface area contributed by atoms with Crippen molar-refractivity contribution in [2.75, 3.05) is 0 Å². The van der Waals surface area contributed by atoms with Crippen LogP contribution in [0.4, 0.5) is 0 Å². The van der Waals surface area contributed by atoms with Crippen LogP contribution in [0.25, 0.3) is 0 Å². The summed E-state index contributed by atoms with van der Waals surface area (Å²) in [6.45, 7) is 0.202. The third kappa shape index (κ3) is 4.10. The number of halogens is 1. The van der Waals surface area contributed by atoms with Gasteiger partial charge in [0.25, 0.3) is 5.91 Å². The van der Waals surface area contributed by atoms with Crippen molar-refractivity contribution in [2.24, 2.45) is 0 Å². The molecule has 0 saturated carbocycles. The molecule has 28 heavy (non-hydrogen) atoms. The van der Waals surface area contributed by atoms with E-state index in [0.29, 0.717) is 5.02 Å². The number of hydrogen-bond donors (Lipinski definition) is 1. The number of ether oxygens (including phenoxy) is 1. The van der Waals surface area contributed by atoms with Gasteiger partial charge < -0.3 is 14.5 Å². The molecule has 1 heterocycles. The average molecular weight is 396 g/mol. The summed E-state index contributed by atoms with van der Waals surface area (Å²) in [6.07, 6.45) is 2.72. The van der Waals surface area contributed by atoms with Crippen molar-refractivity contribution in [1.29, 1.82) is 0 Å². The molecule has 1 N–H and O–H groups in total. The molecule has 1 aliphatic rings. The van der Waals surface area contributed by atoms with E-state index in [9.17, 15) is 9.59 Å². The first-order valence-corrected chi connectivity index (χ1v) is 9.34. The summed E-state index contributed by atoms with van der Waals surface area (Å²) in [4.78, 5) is 24.7. The third-order valence-corrected chi connectivity index (χ3v) is 4.97. The van der Waals surface area contributed by atoms with Gasteiger partial charge in [0.15, 0.2) is 5.76 Å². The minimum atomic E-state index is -0.404. The molecule has 0 radical (unpaired) electrons. The lowest BCUT2D eigenvalue weighted by atomic mass is 10.1. The number of hydrogen-bond acceptors (Lipinski definition) is 4. The van der Waals surface area contributed by atoms with Crippen molar-refractivity contribution in [3.8, 4) is 5.75 Å². The van der Waals surface area contributed by atoms with Gasteiger partial charge in [-0.2, -0.15) is 0 Å². The molecule has 1 aromatic heterocycles. The van der Waals surface area contributed by atoms with Gasteiger partial charge in [-0.1, -0.05) is 48.0 Å². The van der Waals surface area contributed by atoms with Crippen molar-refractivity contribution in [2.45, 2.75) is 25.5 Å². The summed E-state index contributed by atoms with van der Waals surface area (Å²) < 4.78 is 10.8. The summed E-state index contributed by atoms with van der Waals surface area (Å²) in [5, 5.41) is 3.56. The normalized spacial score (nSPS) is 13.2. The van der Waals surface area contributed by atoms with Gasteiger partial charge in [0.05, 0.1) is 0 Å². The van der Waals surface area contributed by atoms with Crippen LogP contribution in [0.3, 0.4) is 0 Å². The molecule has 1 aliphatic carbocycles. The first-order valence-electron chi connectivity index (χ1n) is 8.96. The van der Waals surface area contributed by atoms with E-state index in [2.05, 4.69) is 17.4 Å². The van der Waals surface area contributed by atoms with E-state index in [1.54, 1.807) is 12.1 Å². The van der Waals surface area contributed by atoms with E-state index in [0.717, 1.165) is 24.5 Å². The maximum absolute atomic E-state index is 12.4. The lowest BCUT2D eigenvalue weighted by molar-refractivity contribution is 0.0907. The lowest BCUT2D eigenvalue weighted by Crippen LogP contribution is -2.35. The highest BCUT2D eigenvalue weighted by atomic mass is 35.5. The highest BCUT2D eigenvalue weighted by Crippen LogP contribution is 2.22. The second kappa shape index (κ2) is 7.90. The molecular formula is C22H18ClNO4. The highest BCUT2D eigenvalue weighted by Gasteiger charge is 2.24. The summed E-state index contributed by atoms with van der Waals surface area (Å²) in [5.41, 5.74) is 2.94. The number of nitrogens with one attached hydrogen (secondary N) is 1. The van der Waals surface area contributed by atoms with Crippen LogP contribution in [0.5, 0.6) is 5.75 Å². The Morgan fingerprint density at radius 3 is 2.43 bits per heavy atom. The molecule has 2 aromatic carbocycles. The minimum Gasteiger partial charge on any atom is -0.482 e. The van der Waals surface area contributed by atoms with Crippen LogP contribution in [0.1, 0.15) is 27.2 Å². The quantitative estimate of drug-likeness (QED) is 0.714. The molecule has 1 amide bonds. The highest BCUT2D eigenvalue weighted by molar-refractivity contribution is 6.30. The van der Waals surface area contributed by atoms with E-state index in [4.69, 9.17) is 20.8 Å². The number of carbonyl (C=O) groups is 1. The maximum Gasteiger partial charge on any atom is 0.287 e. The Morgan fingerprint density at radius 1 is 1.11 bits per heavy atom. The van der Waals surface area contributed by atoms with Gasteiger partial charge in [-0.3, -0.25) is 9.59 Å². The van der Waals surface area contributed by atoms with E-state index >= 15 is 0 Å². The van der Waals surface area contributed by atoms with Crippen molar-refractivity contribution >= 4 is 17.5 Å². The predicted octanol–water partition coefficient (Wildman–Crippen LogP) is 3.77. The molecule has 4 rings (SSSR count). The Labute approximate surface area is 166 Å². The second-order valence-electron chi connectivity index (χ2n) is 6.74. The molecule has 0 unspecified atom stereocenters. The Kier molecular flexibility index (Phi) is 5.17. The van der Waals surface area contributed by atoms with E-state index in [1.807, 2.05) is 24.3 Å². The Balaban J connectivity index is 1.38. The smallest absolute Gasteiger partial charge is 0.287 e. The topological polar surface area (TPSA) is 68.5 Å². The van der Waals surface area contributed by atoms with Crippen molar-refractivity contribution < 1.29 is 13.9 Å². The third-order valence-electron chi connectivity index (χ3n) is 4.72. The predicted molar refractivity (Wildman–Crippen MR) is 106 cm³/mol. The van der Waals surface area contributed by atoms with Gasteiger partial charge in [-0.25, -0.2) is 0 Å². The Morgan fingerprint density at radius 2 is 1.79 bits per heavy atom. The van der Waals surface area contributed by atoms with Crippen molar-refractivity contribution in [1.82, 2.24) is 5.32 Å². The molecule has 142 valence electrons. The van der Waals surface area contributed by atoms with Crippen LogP contribution < -0.4 is 15.5 Å². The average Bonchev–Trinajstić information content (AvgIpc) is 3.10. The van der Waals surface area contributed by atoms with Gasteiger partial charge in [-0.05, 0) is 41.7 Å². The molecule has 0 spiro atoms. The molecule has 3 aromatic rings. The van der Waals surface area contributed by atoms with Gasteiger partial charge in [0.1, 0.15) is 12.9 Å². The van der Waals surface area contributed by atoms with E-state index in [1.165, 1.54) is 17.4 Å². The molecule has 0 bridgehead atoms. The Hall–Kier alpha value is -3.05. The number of fused-ring (bicyclic) bond motifs is 1. The first-order chi connectivity index (χ1) is 13.6. The largest absolute Gasteiger partial charge is 0.482 e. The monoisotopic (exact) mass is 395 g/mol. The van der Waals surface area contributed by atoms with Crippen molar-refractivity contribution in [3.05, 3.63) is 98.6 Å². The van der Waals surface area contributed by atoms with Crippen molar-refractivity contribution in [3.63, 3.8) is 0 Å². The Bertz CT molecular complexity index is 1030. The fourth-order valence-electron chi connectivity index (χ4n) is 3.28. The van der Waals surface area contributed by atoms with Crippen LogP contribution >= 0.6 is 11.6 Å². The number of rotatable bonds is 5. The molecule has 6 heteroatoms. The van der Waals surface area contributed by atoms with Gasteiger partial charge in [0, 0.05) is 17.1 Å². The summed E-state index contributed by atoms with van der Waals surface area (Å²) >= 11 is 5.84. The zero-order valence-corrected chi connectivity index (χ0v) is 15.7. The van der Waals surface area contributed by atoms with Crippen LogP contribution in [0.15, 0.2) is 70.1 Å². The van der Waals surface area contributed by atoms with Gasteiger partial charge >= 0.3 is 0 Å². The SMILES string of the molecule is O=C(NC1Cc2ccccc2C1)c1cc(=O)c(OCc2ccc(Cl)cc2)co1. The minimum absolute atomic E-state index is 0.00367. The molecule has 5 nitrogen and oxygen atoms in total. The van der Waals surface area contributed by atoms with Crippen LogP contribution in [0.2, 0.25) is 5.02 Å². The van der Waals surface area contributed by atoms with Gasteiger partial charge in [-0.15, -0.1) is 0 Å². The van der Waals surface area contributed by atoms with E-state index < -0.39 is 11.3 Å². The van der Waals surface area contributed by atoms with E-state index in [-0.39, 0.29) is 24.2 Å². The lowest BCUT2D eigenvalue weighted by Gasteiger charge is -2.11. The number of amides is 1. The standard InChI is InChI=1S/C22H18ClNO4/c23-17-7-5-14(6-8-17)12-27-21-13-28-20(11-19(21)25)22(26)24-18-9-15-3-1-2-4-16(15)10-18/h1-8,11,13,18H,9-10,12H2,(H,24,26). The maximum atomic E-state index is 12.4. The molecular weight excluding hydrogens is 378 g/mol. The summed E-state index contributed by atoms with van der Waals surface area (Å²) in [5.74, 6) is -0.376. The van der Waals surface area contributed by atoms with Crippen LogP contribution in [-0.2, 0) is 19.4 Å². The fraction of sp³-hybridized carbons (Fsp3) is 0.182. The zero-order valence-electron chi connectivity index (χ0n) is 15.0. The van der Waals surface area contributed by atoms with Crippen LogP contribution in [-0.4, -0.2) is 11.9 Å². The summed E-state index contributed by atoms with van der Waals surface area (Å²) in [7, 11) is 0. The second-order valence-corrected chi connectivity index (χ2v) is 7.17. The molecule has 0 fully saturated rings. The molecule has 0 aliphatic heterocycles. The molecule has 0 atom stereocenters. The number of carbonyl (C=O) groups excluding carboxylic acids is 1.